The topological polar surface area (TPSA) is 68.5 Å². The van der Waals surface area contributed by atoms with E-state index in [2.05, 4.69) is 30.1 Å². The molecular weight excluding hydrogens is 410 g/mol. The molecule has 0 saturated heterocycles. The number of nitrogens with zero attached hydrogens (tertiary/aromatic N) is 3. The zero-order valence-corrected chi connectivity index (χ0v) is 19.2. The van der Waals surface area contributed by atoms with Crippen molar-refractivity contribution >= 4 is 46.2 Å². The summed E-state index contributed by atoms with van der Waals surface area (Å²) < 4.78 is 15.7. The molecule has 1 atom stereocenters. The molecule has 1 amide bonds. The average Bonchev–Trinajstić information content (AvgIpc) is 3.17. The molecule has 29 heavy (non-hydrogen) atoms. The Morgan fingerprint density at radius 3 is 2.83 bits per heavy atom. The van der Waals surface area contributed by atoms with Gasteiger partial charge in [0.1, 0.15) is 17.1 Å². The van der Waals surface area contributed by atoms with E-state index in [1.165, 1.54) is 11.5 Å². The summed E-state index contributed by atoms with van der Waals surface area (Å²) in [6.07, 6.45) is 5.93. The van der Waals surface area contributed by atoms with Crippen molar-refractivity contribution in [2.45, 2.75) is 53.9 Å². The second-order valence-electron chi connectivity index (χ2n) is 8.50. The summed E-state index contributed by atoms with van der Waals surface area (Å²) in [6, 6.07) is 0. The number of aromatic nitrogens is 2. The first kappa shape index (κ1) is 22.0. The highest BCUT2D eigenvalue weighted by Crippen LogP contribution is 2.34. The monoisotopic (exact) mass is 437 g/mol. The lowest BCUT2D eigenvalue weighted by Crippen LogP contribution is -2.35. The van der Waals surface area contributed by atoms with E-state index in [1.807, 2.05) is 26.0 Å². The van der Waals surface area contributed by atoms with Crippen molar-refractivity contribution in [2.24, 2.45) is 11.3 Å². The molecule has 6 nitrogen and oxygen atoms in total. The van der Waals surface area contributed by atoms with Gasteiger partial charge in [0.05, 0.1) is 10.7 Å². The van der Waals surface area contributed by atoms with E-state index in [4.69, 9.17) is 20.8 Å². The molecule has 158 valence electrons. The smallest absolute Gasteiger partial charge is 0.230 e. The first-order valence-corrected chi connectivity index (χ1v) is 11.0. The highest BCUT2D eigenvalue weighted by Gasteiger charge is 2.25. The molecule has 8 heteroatoms. The summed E-state index contributed by atoms with van der Waals surface area (Å²) in [6.45, 7) is 10.9. The Bertz CT molecular complexity index is 990. The molecular formula is C21H28ClN3O3S. The molecule has 2 aromatic rings. The van der Waals surface area contributed by atoms with Gasteiger partial charge in [-0.25, -0.2) is 4.98 Å². The molecule has 0 fully saturated rings. The summed E-state index contributed by atoms with van der Waals surface area (Å²) in [7, 11) is 0. The standard InChI is InChI=1S/C21H28ClN3O3S/c1-6-27-12-25(20-19(22)13(2)24-29-20)18(26)10-14-7-8-16-15(9-14)23-17(28-16)11-21(3,4)5/h8-9,14H,6-7,10-12H2,1-5H3. The van der Waals surface area contributed by atoms with Crippen molar-refractivity contribution < 1.29 is 13.9 Å². The highest BCUT2D eigenvalue weighted by atomic mass is 35.5. The number of hydrogen-bond acceptors (Lipinski definition) is 6. The van der Waals surface area contributed by atoms with E-state index < -0.39 is 0 Å². The quantitative estimate of drug-likeness (QED) is 0.618. The molecule has 0 radical (unpaired) electrons. The zero-order chi connectivity index (χ0) is 21.2. The number of ether oxygens (including phenoxy) is 1. The second kappa shape index (κ2) is 8.98. The summed E-state index contributed by atoms with van der Waals surface area (Å²) in [5.74, 6) is 0.756. The molecule has 0 saturated carbocycles. The van der Waals surface area contributed by atoms with Crippen molar-refractivity contribution in [3.63, 3.8) is 0 Å². The summed E-state index contributed by atoms with van der Waals surface area (Å²) >= 11 is 7.57. The fraction of sp³-hybridized carbons (Fsp3) is 0.571. The average molecular weight is 438 g/mol. The van der Waals surface area contributed by atoms with Crippen molar-refractivity contribution in [3.8, 4) is 0 Å². The van der Waals surface area contributed by atoms with Gasteiger partial charge in [0, 0.05) is 19.4 Å². The predicted octanol–water partition coefficient (Wildman–Crippen LogP) is 3.68. The van der Waals surface area contributed by atoms with Gasteiger partial charge in [0.25, 0.3) is 0 Å². The molecule has 0 aliphatic heterocycles. The van der Waals surface area contributed by atoms with Gasteiger partial charge in [0.2, 0.25) is 5.91 Å². The van der Waals surface area contributed by atoms with Gasteiger partial charge in [-0.05, 0) is 49.2 Å². The number of rotatable bonds is 7. The third-order valence-electron chi connectivity index (χ3n) is 4.59. The number of anilines is 1. The van der Waals surface area contributed by atoms with Crippen molar-refractivity contribution in [2.75, 3.05) is 18.2 Å². The Kier molecular flexibility index (Phi) is 6.81. The molecule has 2 heterocycles. The normalized spacial score (nSPS) is 16.1. The molecule has 1 unspecified atom stereocenters. The van der Waals surface area contributed by atoms with Crippen LogP contribution in [-0.4, -0.2) is 28.6 Å². The third kappa shape index (κ3) is 5.47. The van der Waals surface area contributed by atoms with Gasteiger partial charge >= 0.3 is 0 Å². The number of hydrogen-bond donors (Lipinski definition) is 0. The molecule has 0 N–H and O–H groups in total. The summed E-state index contributed by atoms with van der Waals surface area (Å²) in [4.78, 5) is 19.3. The lowest BCUT2D eigenvalue weighted by molar-refractivity contribution is -0.120. The van der Waals surface area contributed by atoms with Crippen molar-refractivity contribution in [1.82, 2.24) is 9.36 Å². The molecule has 1 aliphatic rings. The van der Waals surface area contributed by atoms with Crippen molar-refractivity contribution in [1.29, 1.82) is 0 Å². The van der Waals surface area contributed by atoms with Gasteiger partial charge in [-0.15, -0.1) is 0 Å². The van der Waals surface area contributed by atoms with Gasteiger partial charge in [-0.1, -0.05) is 38.4 Å². The fourth-order valence-electron chi connectivity index (χ4n) is 3.15. The SMILES string of the molecule is CCOCN(C(=O)CC1C=c2nc(CC(C)(C)C)oc2=CC1)c1snc(C)c1Cl. The maximum atomic E-state index is 13.1. The van der Waals surface area contributed by atoms with Gasteiger partial charge in [-0.3, -0.25) is 9.69 Å². The Hall–Kier alpha value is -1.70. The number of amides is 1. The van der Waals surface area contributed by atoms with E-state index in [-0.39, 0.29) is 24.0 Å². The van der Waals surface area contributed by atoms with Crippen LogP contribution in [0.3, 0.4) is 0 Å². The zero-order valence-electron chi connectivity index (χ0n) is 17.6. The third-order valence-corrected chi connectivity index (χ3v) is 6.12. The number of carbonyl (C=O) groups is 1. The maximum Gasteiger partial charge on any atom is 0.230 e. The van der Waals surface area contributed by atoms with E-state index >= 15 is 0 Å². The largest absolute Gasteiger partial charge is 0.441 e. The Morgan fingerprint density at radius 2 is 2.21 bits per heavy atom. The minimum atomic E-state index is -0.0412. The van der Waals surface area contributed by atoms with Gasteiger partial charge in [0.15, 0.2) is 11.3 Å². The van der Waals surface area contributed by atoms with Crippen LogP contribution in [0.5, 0.6) is 0 Å². The minimum absolute atomic E-state index is 0.0412. The summed E-state index contributed by atoms with van der Waals surface area (Å²) in [5.41, 5.74) is 1.63. The van der Waals surface area contributed by atoms with Crippen molar-refractivity contribution in [3.05, 3.63) is 27.4 Å². The van der Waals surface area contributed by atoms with Crippen LogP contribution in [0.25, 0.3) is 12.2 Å². The predicted molar refractivity (Wildman–Crippen MR) is 116 cm³/mol. The molecule has 0 aromatic carbocycles. The molecule has 0 bridgehead atoms. The Balaban J connectivity index is 1.77. The van der Waals surface area contributed by atoms with Crippen LogP contribution in [0, 0.1) is 18.3 Å². The molecule has 1 aliphatic carbocycles. The lowest BCUT2D eigenvalue weighted by Gasteiger charge is -2.22. The highest BCUT2D eigenvalue weighted by molar-refractivity contribution is 7.11. The fourth-order valence-corrected chi connectivity index (χ4v) is 4.25. The Labute approximate surface area is 180 Å². The van der Waals surface area contributed by atoms with Crippen LogP contribution in [0.2, 0.25) is 5.02 Å². The van der Waals surface area contributed by atoms with Crippen LogP contribution in [-0.2, 0) is 16.0 Å². The van der Waals surface area contributed by atoms with Crippen LogP contribution in [0.1, 0.15) is 52.1 Å². The lowest BCUT2D eigenvalue weighted by atomic mass is 9.92. The number of halogens is 1. The molecule has 0 spiro atoms. The minimum Gasteiger partial charge on any atom is -0.441 e. The van der Waals surface area contributed by atoms with E-state index in [0.29, 0.717) is 23.1 Å². The first-order chi connectivity index (χ1) is 13.7. The van der Waals surface area contributed by atoms with Crippen LogP contribution in [0.4, 0.5) is 5.00 Å². The second-order valence-corrected chi connectivity index (χ2v) is 9.63. The Morgan fingerprint density at radius 1 is 1.45 bits per heavy atom. The maximum absolute atomic E-state index is 13.1. The van der Waals surface area contributed by atoms with E-state index in [0.717, 1.165) is 35.2 Å². The van der Waals surface area contributed by atoms with Gasteiger partial charge in [-0.2, -0.15) is 4.37 Å². The number of carbonyl (C=O) groups excluding carboxylic acids is 1. The molecule has 3 rings (SSSR count). The van der Waals surface area contributed by atoms with Gasteiger partial charge < -0.3 is 9.15 Å². The summed E-state index contributed by atoms with van der Waals surface area (Å²) in [5, 5.41) is 1.97. The first-order valence-electron chi connectivity index (χ1n) is 9.85. The van der Waals surface area contributed by atoms with Crippen LogP contribution >= 0.6 is 23.1 Å². The van der Waals surface area contributed by atoms with E-state index in [1.54, 1.807) is 4.90 Å². The molecule has 2 aromatic heterocycles. The number of aryl methyl sites for hydroxylation is 1. The number of fused-ring (bicyclic) bond motifs is 1. The van der Waals surface area contributed by atoms with Crippen LogP contribution in [0.15, 0.2) is 4.42 Å². The van der Waals surface area contributed by atoms with E-state index in [9.17, 15) is 4.79 Å². The number of oxazole rings is 1. The van der Waals surface area contributed by atoms with Crippen LogP contribution < -0.4 is 15.7 Å².